The molecule has 0 rings (SSSR count). The Kier molecular flexibility index (Phi) is 33.7. The van der Waals surface area contributed by atoms with Gasteiger partial charge in [-0.05, 0) is 0 Å². The van der Waals surface area contributed by atoms with E-state index in [1.807, 2.05) is 0 Å². The molecular weight excluding hydrogens is 692 g/mol. The molecule has 0 spiro atoms. The Bertz CT molecular complexity index is 799. The van der Waals surface area contributed by atoms with E-state index < -0.39 is 11.3 Å². The highest BCUT2D eigenvalue weighted by atomic mass is 16.7. The molecule has 0 bridgehead atoms. The van der Waals surface area contributed by atoms with Crippen molar-refractivity contribution in [2.45, 2.75) is 0 Å². The molecular formula is C27H56N8O16. The standard InChI is InChI=1S/C27H56N8O16/c28-47-15-23(36)32-1-4-40-7-10-43-19-27(22-46-13-14-51-35-26(39)18-50-31,20-44-11-8-41-5-2-33-24(37)16-48-29)21-45-12-9-42-6-3-34-25(38)17-49-30/h1-22,28-31H2,(H,32,36)(H,33,37)(H,34,38)(H,35,39). The third-order valence-electron chi connectivity index (χ3n) is 5.83. The van der Waals surface area contributed by atoms with Gasteiger partial charge in [0.25, 0.3) is 5.91 Å². The van der Waals surface area contributed by atoms with Crippen molar-refractivity contribution in [3.8, 4) is 0 Å². The van der Waals surface area contributed by atoms with E-state index in [4.69, 9.17) is 61.6 Å². The third-order valence-corrected chi connectivity index (χ3v) is 5.83. The third kappa shape index (κ3) is 31.7. The van der Waals surface area contributed by atoms with Gasteiger partial charge < -0.3 is 49.1 Å². The second-order valence-electron chi connectivity index (χ2n) is 10.2. The molecule has 0 aromatic heterocycles. The molecule has 12 N–H and O–H groups in total. The summed E-state index contributed by atoms with van der Waals surface area (Å²) in [7, 11) is 0. The van der Waals surface area contributed by atoms with Crippen LogP contribution < -0.4 is 45.0 Å². The lowest BCUT2D eigenvalue weighted by molar-refractivity contribution is -0.142. The Labute approximate surface area is 296 Å². The molecule has 0 aliphatic heterocycles. The Hall–Kier alpha value is -2.76. The van der Waals surface area contributed by atoms with Gasteiger partial charge in [0.15, 0.2) is 0 Å². The van der Waals surface area contributed by atoms with Crippen LogP contribution in [0.1, 0.15) is 0 Å². The topological polar surface area (TPSA) is 331 Å². The van der Waals surface area contributed by atoms with Gasteiger partial charge in [-0.25, -0.2) is 29.1 Å². The van der Waals surface area contributed by atoms with Gasteiger partial charge >= 0.3 is 0 Å². The highest BCUT2D eigenvalue weighted by Gasteiger charge is 2.32. The zero-order chi connectivity index (χ0) is 37.7. The fourth-order valence-corrected chi connectivity index (χ4v) is 3.57. The minimum atomic E-state index is -0.834. The second-order valence-corrected chi connectivity index (χ2v) is 10.2. The monoisotopic (exact) mass is 748 g/mol. The Morgan fingerprint density at radius 1 is 0.392 bits per heavy atom. The van der Waals surface area contributed by atoms with Crippen LogP contribution in [-0.2, 0) is 76.5 Å². The predicted octanol–water partition coefficient (Wildman–Crippen LogP) is -5.95. The average molecular weight is 749 g/mol. The number of nitrogens with one attached hydrogen (secondary N) is 4. The first-order valence-corrected chi connectivity index (χ1v) is 15.8. The number of ether oxygens (including phenoxy) is 7. The van der Waals surface area contributed by atoms with Crippen LogP contribution in [0.5, 0.6) is 0 Å². The van der Waals surface area contributed by atoms with E-state index in [-0.39, 0.29) is 163 Å². The molecule has 0 saturated heterocycles. The predicted molar refractivity (Wildman–Crippen MR) is 172 cm³/mol. The molecule has 0 fully saturated rings. The number of carbonyl (C=O) groups is 4. The van der Waals surface area contributed by atoms with Crippen LogP contribution in [0, 0.1) is 5.41 Å². The second kappa shape index (κ2) is 35.6. The number of nitrogens with two attached hydrogens (primary N) is 4. The van der Waals surface area contributed by atoms with Crippen molar-refractivity contribution in [2.75, 3.05) is 145 Å². The molecule has 0 heterocycles. The summed E-state index contributed by atoms with van der Waals surface area (Å²) in [6.07, 6.45) is 0. The van der Waals surface area contributed by atoms with Gasteiger partial charge in [0, 0.05) is 19.6 Å². The fraction of sp³-hybridized carbons (Fsp3) is 0.852. The van der Waals surface area contributed by atoms with Crippen LogP contribution in [0.15, 0.2) is 0 Å². The van der Waals surface area contributed by atoms with Crippen molar-refractivity contribution in [2.24, 2.45) is 29.0 Å². The van der Waals surface area contributed by atoms with Crippen LogP contribution in [0.4, 0.5) is 0 Å². The van der Waals surface area contributed by atoms with E-state index in [1.54, 1.807) is 0 Å². The summed E-state index contributed by atoms with van der Waals surface area (Å²) in [5.74, 6) is 17.8. The SMILES string of the molecule is NOCC(=O)NCCOCCOCC(COCCOCCNC(=O)CON)(COCCOCCNC(=O)CON)COCCONC(=O)CON. The molecule has 0 saturated carbocycles. The first-order valence-electron chi connectivity index (χ1n) is 15.8. The molecule has 300 valence electrons. The van der Waals surface area contributed by atoms with Crippen LogP contribution in [0.25, 0.3) is 0 Å². The molecule has 51 heavy (non-hydrogen) atoms. The average Bonchev–Trinajstić information content (AvgIpc) is 3.10. The van der Waals surface area contributed by atoms with Gasteiger partial charge in [-0.1, -0.05) is 0 Å². The summed E-state index contributed by atoms with van der Waals surface area (Å²) in [6, 6.07) is 0. The highest BCUT2D eigenvalue weighted by Crippen LogP contribution is 2.21. The molecule has 24 nitrogen and oxygen atoms in total. The van der Waals surface area contributed by atoms with E-state index in [9.17, 15) is 19.2 Å². The number of rotatable bonds is 38. The van der Waals surface area contributed by atoms with E-state index >= 15 is 0 Å². The zero-order valence-corrected chi connectivity index (χ0v) is 28.9. The molecule has 4 amide bonds. The lowest BCUT2D eigenvalue weighted by Crippen LogP contribution is -2.43. The van der Waals surface area contributed by atoms with E-state index in [0.717, 1.165) is 0 Å². The molecule has 0 aromatic rings. The van der Waals surface area contributed by atoms with E-state index in [0.29, 0.717) is 0 Å². The summed E-state index contributed by atoms with van der Waals surface area (Å²) >= 11 is 0. The summed E-state index contributed by atoms with van der Waals surface area (Å²) in [4.78, 5) is 67.7. The smallest absolute Gasteiger partial charge is 0.271 e. The van der Waals surface area contributed by atoms with E-state index in [1.165, 1.54) is 0 Å². The number of amides is 4. The van der Waals surface area contributed by atoms with Crippen molar-refractivity contribution in [1.29, 1.82) is 0 Å². The Balaban J connectivity index is 5.07. The number of hydrogen-bond donors (Lipinski definition) is 8. The van der Waals surface area contributed by atoms with Crippen molar-refractivity contribution in [3.05, 3.63) is 0 Å². The van der Waals surface area contributed by atoms with Crippen molar-refractivity contribution in [3.63, 3.8) is 0 Å². The van der Waals surface area contributed by atoms with Crippen LogP contribution >= 0.6 is 0 Å². The van der Waals surface area contributed by atoms with Crippen molar-refractivity contribution in [1.82, 2.24) is 21.4 Å². The number of hydroxylamine groups is 1. The van der Waals surface area contributed by atoms with Gasteiger partial charge in [-0.3, -0.25) is 43.4 Å². The maximum Gasteiger partial charge on any atom is 0.271 e. The fourth-order valence-electron chi connectivity index (χ4n) is 3.57. The van der Waals surface area contributed by atoms with Gasteiger partial charge in [0.2, 0.25) is 17.7 Å². The quantitative estimate of drug-likeness (QED) is 0.0215. The number of hydrogen-bond acceptors (Lipinski definition) is 20. The lowest BCUT2D eigenvalue weighted by atomic mass is 9.92. The zero-order valence-electron chi connectivity index (χ0n) is 28.9. The van der Waals surface area contributed by atoms with Crippen LogP contribution in [0.2, 0.25) is 0 Å². The highest BCUT2D eigenvalue weighted by molar-refractivity contribution is 5.77. The maximum absolute atomic E-state index is 11.4. The lowest BCUT2D eigenvalue weighted by Gasteiger charge is -2.33. The minimum absolute atomic E-state index is 0.0142. The minimum Gasteiger partial charge on any atom is -0.378 e. The Morgan fingerprint density at radius 3 is 1.02 bits per heavy atom. The Morgan fingerprint density at radius 2 is 0.686 bits per heavy atom. The van der Waals surface area contributed by atoms with Gasteiger partial charge in [-0.15, -0.1) is 0 Å². The molecule has 0 aliphatic carbocycles. The first-order chi connectivity index (χ1) is 24.8. The van der Waals surface area contributed by atoms with E-state index in [2.05, 4.69) is 40.8 Å². The molecule has 0 radical (unpaired) electrons. The van der Waals surface area contributed by atoms with Crippen molar-refractivity contribution >= 4 is 23.6 Å². The van der Waals surface area contributed by atoms with Crippen LogP contribution in [-0.4, -0.2) is 169 Å². The van der Waals surface area contributed by atoms with Crippen LogP contribution in [0.3, 0.4) is 0 Å². The number of carbonyl (C=O) groups excluding carboxylic acids is 4. The first kappa shape index (κ1) is 48.2. The molecule has 24 heteroatoms. The van der Waals surface area contributed by atoms with Gasteiger partial charge in [0.1, 0.15) is 26.4 Å². The van der Waals surface area contributed by atoms with Gasteiger partial charge in [-0.2, -0.15) is 0 Å². The summed E-state index contributed by atoms with van der Waals surface area (Å²) in [5, 5.41) is 7.73. The normalized spacial score (nSPS) is 11.4. The molecule has 0 aromatic carbocycles. The summed E-state index contributed by atoms with van der Waals surface area (Å²) < 4.78 is 40.1. The summed E-state index contributed by atoms with van der Waals surface area (Å²) in [6.45, 7) is 2.21. The maximum atomic E-state index is 11.4. The van der Waals surface area contributed by atoms with Crippen molar-refractivity contribution < 1.29 is 76.5 Å². The van der Waals surface area contributed by atoms with Gasteiger partial charge in [0.05, 0.1) is 105 Å². The summed E-state index contributed by atoms with van der Waals surface area (Å²) in [5.41, 5.74) is 1.33. The molecule has 0 unspecified atom stereocenters. The largest absolute Gasteiger partial charge is 0.378 e. The molecule has 0 atom stereocenters. The molecule has 0 aliphatic rings.